The van der Waals surface area contributed by atoms with Crippen molar-refractivity contribution in [3.63, 3.8) is 0 Å². The van der Waals surface area contributed by atoms with Crippen molar-refractivity contribution < 1.29 is 9.18 Å². The van der Waals surface area contributed by atoms with E-state index in [1.165, 1.54) is 18.9 Å². The lowest BCUT2D eigenvalue weighted by molar-refractivity contribution is 0.0542. The van der Waals surface area contributed by atoms with E-state index in [0.717, 1.165) is 49.2 Å². The second-order valence-electron chi connectivity index (χ2n) is 9.09. The Bertz CT molecular complexity index is 931. The molecular formula is C25H30FN3O. The molecule has 2 aromatic rings. The summed E-state index contributed by atoms with van der Waals surface area (Å²) < 4.78 is 14.5. The minimum atomic E-state index is -0.316. The van der Waals surface area contributed by atoms with Crippen LogP contribution in [0.3, 0.4) is 0 Å². The molecule has 0 bridgehead atoms. The van der Waals surface area contributed by atoms with Crippen LogP contribution in [0.1, 0.15) is 65.3 Å². The lowest BCUT2D eigenvalue weighted by Gasteiger charge is -2.49. The first-order chi connectivity index (χ1) is 14.6. The van der Waals surface area contributed by atoms with Crippen LogP contribution in [0.2, 0.25) is 0 Å². The van der Waals surface area contributed by atoms with Crippen molar-refractivity contribution in [1.29, 1.82) is 0 Å². The number of nitrogens with zero attached hydrogens (tertiary/aromatic N) is 1. The van der Waals surface area contributed by atoms with Crippen LogP contribution in [0.4, 0.5) is 4.39 Å². The first kappa shape index (κ1) is 19.7. The number of carbonyl (C=O) groups is 1. The molecule has 0 unspecified atom stereocenters. The van der Waals surface area contributed by atoms with Crippen LogP contribution < -0.4 is 10.6 Å². The predicted molar refractivity (Wildman–Crippen MR) is 116 cm³/mol. The lowest BCUT2D eigenvalue weighted by atomic mass is 9.76. The number of hydrogen-bond acceptors (Lipinski definition) is 3. The van der Waals surface area contributed by atoms with Gasteiger partial charge < -0.3 is 10.6 Å². The maximum atomic E-state index is 14.5. The second kappa shape index (κ2) is 8.12. The molecule has 0 aromatic heterocycles. The Morgan fingerprint density at radius 1 is 1.27 bits per heavy atom. The van der Waals surface area contributed by atoms with E-state index >= 15 is 0 Å². The number of piperidine rings is 2. The Morgan fingerprint density at radius 2 is 2.10 bits per heavy atom. The summed E-state index contributed by atoms with van der Waals surface area (Å²) in [4.78, 5) is 15.8. The summed E-state index contributed by atoms with van der Waals surface area (Å²) in [7, 11) is 0. The highest BCUT2D eigenvalue weighted by atomic mass is 19.1. The summed E-state index contributed by atoms with van der Waals surface area (Å²) in [6.07, 6.45) is 4.33. The molecule has 3 aliphatic heterocycles. The van der Waals surface area contributed by atoms with Gasteiger partial charge in [0, 0.05) is 30.7 Å². The van der Waals surface area contributed by atoms with Gasteiger partial charge in [-0.05, 0) is 73.9 Å². The van der Waals surface area contributed by atoms with Crippen LogP contribution in [0.15, 0.2) is 42.5 Å². The van der Waals surface area contributed by atoms with Crippen LogP contribution in [-0.4, -0.2) is 36.5 Å². The van der Waals surface area contributed by atoms with Gasteiger partial charge in [0.15, 0.2) is 0 Å². The number of nitrogens with one attached hydrogen (secondary N) is 2. The highest BCUT2D eigenvalue weighted by Gasteiger charge is 2.41. The molecule has 2 aromatic carbocycles. The highest BCUT2D eigenvalue weighted by molar-refractivity contribution is 5.96. The van der Waals surface area contributed by atoms with Crippen molar-refractivity contribution >= 4 is 5.91 Å². The Hall–Kier alpha value is -2.24. The van der Waals surface area contributed by atoms with E-state index in [1.807, 2.05) is 37.3 Å². The largest absolute Gasteiger partial charge is 0.346 e. The van der Waals surface area contributed by atoms with Crippen LogP contribution in [0.25, 0.3) is 0 Å². The van der Waals surface area contributed by atoms with Gasteiger partial charge >= 0.3 is 0 Å². The van der Waals surface area contributed by atoms with E-state index in [9.17, 15) is 9.18 Å². The summed E-state index contributed by atoms with van der Waals surface area (Å²) in [5, 5.41) is 6.80. The Kier molecular flexibility index (Phi) is 5.34. The number of halogens is 1. The molecule has 0 saturated carbocycles. The number of benzene rings is 2. The molecule has 5 heteroatoms. The van der Waals surface area contributed by atoms with Gasteiger partial charge in [-0.15, -0.1) is 0 Å². The monoisotopic (exact) mass is 407 g/mol. The van der Waals surface area contributed by atoms with Crippen LogP contribution in [0.5, 0.6) is 0 Å². The zero-order valence-corrected chi connectivity index (χ0v) is 17.5. The molecule has 2 N–H and O–H groups in total. The van der Waals surface area contributed by atoms with Gasteiger partial charge in [0.25, 0.3) is 5.91 Å². The van der Waals surface area contributed by atoms with Gasteiger partial charge in [-0.3, -0.25) is 9.69 Å². The Labute approximate surface area is 177 Å². The van der Waals surface area contributed by atoms with E-state index < -0.39 is 0 Å². The fraction of sp³-hybridized carbons (Fsp3) is 0.480. The third-order valence-corrected chi connectivity index (χ3v) is 7.24. The minimum Gasteiger partial charge on any atom is -0.346 e. The first-order valence-electron chi connectivity index (χ1n) is 11.3. The molecular weight excluding hydrogens is 377 g/mol. The summed E-state index contributed by atoms with van der Waals surface area (Å²) in [5.41, 5.74) is 3.61. The van der Waals surface area contributed by atoms with Crippen molar-refractivity contribution in [2.75, 3.05) is 19.6 Å². The molecule has 3 aliphatic rings. The van der Waals surface area contributed by atoms with E-state index in [2.05, 4.69) is 15.5 Å². The number of amides is 1. The number of hydrogen-bond donors (Lipinski definition) is 2. The molecule has 0 spiro atoms. The number of fused-ring (bicyclic) bond motifs is 4. The van der Waals surface area contributed by atoms with Gasteiger partial charge in [-0.2, -0.15) is 0 Å². The molecule has 30 heavy (non-hydrogen) atoms. The number of carbonyl (C=O) groups excluding carboxylic acids is 1. The molecule has 5 rings (SSSR count). The number of rotatable bonds is 3. The maximum Gasteiger partial charge on any atom is 0.252 e. The molecule has 4 nitrogen and oxygen atoms in total. The molecule has 2 fully saturated rings. The quantitative estimate of drug-likeness (QED) is 0.809. The summed E-state index contributed by atoms with van der Waals surface area (Å²) in [6.45, 7) is 5.07. The zero-order valence-electron chi connectivity index (χ0n) is 17.5. The minimum absolute atomic E-state index is 0.131. The predicted octanol–water partition coefficient (Wildman–Crippen LogP) is 3.99. The zero-order chi connectivity index (χ0) is 20.7. The van der Waals surface area contributed by atoms with E-state index in [0.29, 0.717) is 17.5 Å². The van der Waals surface area contributed by atoms with Gasteiger partial charge in [-0.1, -0.05) is 30.3 Å². The van der Waals surface area contributed by atoms with Crippen molar-refractivity contribution in [3.8, 4) is 0 Å². The SMILES string of the molecule is C[C@@H](NC(=O)c1cc(F)cc2c1[C@H]1C[C@@H]3NCCC[C@@H]3CN1CC2)c1ccccc1. The fourth-order valence-electron chi connectivity index (χ4n) is 5.71. The van der Waals surface area contributed by atoms with Gasteiger partial charge in [0.05, 0.1) is 6.04 Å². The fourth-order valence-corrected chi connectivity index (χ4v) is 5.71. The third-order valence-electron chi connectivity index (χ3n) is 7.24. The maximum absolute atomic E-state index is 14.5. The second-order valence-corrected chi connectivity index (χ2v) is 9.09. The van der Waals surface area contributed by atoms with Crippen molar-refractivity contribution in [3.05, 3.63) is 70.5 Å². The molecule has 0 aliphatic carbocycles. The lowest BCUT2D eigenvalue weighted by Crippen LogP contribution is -2.55. The average Bonchev–Trinajstić information content (AvgIpc) is 2.77. The molecule has 1 amide bonds. The summed E-state index contributed by atoms with van der Waals surface area (Å²) >= 11 is 0. The van der Waals surface area contributed by atoms with Gasteiger partial charge in [0.2, 0.25) is 0 Å². The van der Waals surface area contributed by atoms with E-state index in [4.69, 9.17) is 0 Å². The summed E-state index contributed by atoms with van der Waals surface area (Å²) in [6, 6.07) is 13.5. The molecule has 3 heterocycles. The van der Waals surface area contributed by atoms with Crippen LogP contribution in [0, 0.1) is 11.7 Å². The first-order valence-corrected chi connectivity index (χ1v) is 11.3. The van der Waals surface area contributed by atoms with Crippen molar-refractivity contribution in [2.24, 2.45) is 5.92 Å². The molecule has 2 saturated heterocycles. The molecule has 0 radical (unpaired) electrons. The van der Waals surface area contributed by atoms with Gasteiger partial charge in [-0.25, -0.2) is 4.39 Å². The van der Waals surface area contributed by atoms with Gasteiger partial charge in [0.1, 0.15) is 5.82 Å². The Morgan fingerprint density at radius 3 is 2.93 bits per heavy atom. The average molecular weight is 408 g/mol. The van der Waals surface area contributed by atoms with E-state index in [-0.39, 0.29) is 23.8 Å². The topological polar surface area (TPSA) is 44.4 Å². The van der Waals surface area contributed by atoms with Crippen molar-refractivity contribution in [2.45, 2.75) is 50.7 Å². The van der Waals surface area contributed by atoms with Crippen molar-refractivity contribution in [1.82, 2.24) is 15.5 Å². The van der Waals surface area contributed by atoms with Crippen LogP contribution in [-0.2, 0) is 6.42 Å². The smallest absolute Gasteiger partial charge is 0.252 e. The molecule has 4 atom stereocenters. The molecule has 158 valence electrons. The highest BCUT2D eigenvalue weighted by Crippen LogP contribution is 2.42. The van der Waals surface area contributed by atoms with E-state index in [1.54, 1.807) is 6.07 Å². The Balaban J connectivity index is 1.45. The standard InChI is InChI=1S/C25H30FN3O/c1-16(17-6-3-2-4-7-17)28-25(30)21-13-20(26)12-18-9-11-29-15-19-8-5-10-27-22(19)14-23(29)24(18)21/h2-4,6-7,12-13,16,19,22-23,27H,5,8-11,14-15H2,1H3,(H,28,30)/t16-,19-,22+,23-/m1/s1. The third kappa shape index (κ3) is 3.65. The normalized spacial score (nSPS) is 26.8. The van der Waals surface area contributed by atoms with Crippen LogP contribution >= 0.6 is 0 Å². The summed E-state index contributed by atoms with van der Waals surface area (Å²) in [5.74, 6) is 0.194.